The van der Waals surface area contributed by atoms with Crippen molar-refractivity contribution in [1.29, 1.82) is 0 Å². The van der Waals surface area contributed by atoms with Crippen molar-refractivity contribution in [3.8, 4) is 0 Å². The van der Waals surface area contributed by atoms with Crippen LogP contribution in [0.2, 0.25) is 0 Å². The molecule has 6 atom stereocenters. The maximum atomic E-state index is 11.3. The predicted molar refractivity (Wildman–Crippen MR) is 70.5 cm³/mol. The first-order valence-corrected chi connectivity index (χ1v) is 7.28. The highest BCUT2D eigenvalue weighted by Gasteiger charge is 2.60. The van der Waals surface area contributed by atoms with Gasteiger partial charge in [-0.05, 0) is 13.8 Å². The molecule has 3 aliphatic rings. The highest BCUT2D eigenvalue weighted by atomic mass is 16.9. The largest absolute Gasteiger partial charge is 0.433 e. The summed E-state index contributed by atoms with van der Waals surface area (Å²) in [4.78, 5) is 11.3. The lowest BCUT2D eigenvalue weighted by molar-refractivity contribution is -0.366. The molecule has 22 heavy (non-hydrogen) atoms. The minimum absolute atomic E-state index is 0.311. The van der Waals surface area contributed by atoms with Crippen LogP contribution in [0.15, 0.2) is 0 Å². The zero-order valence-electron chi connectivity index (χ0n) is 13.4. The van der Waals surface area contributed by atoms with Crippen molar-refractivity contribution in [1.82, 2.24) is 0 Å². The van der Waals surface area contributed by atoms with E-state index in [1.54, 1.807) is 6.92 Å². The fourth-order valence-electron chi connectivity index (χ4n) is 2.94. The fourth-order valence-corrected chi connectivity index (χ4v) is 2.94. The van der Waals surface area contributed by atoms with Gasteiger partial charge in [-0.15, -0.1) is 0 Å². The number of rotatable bonds is 2. The monoisotopic (exact) mass is 318 g/mol. The van der Waals surface area contributed by atoms with Gasteiger partial charge in [-0.1, -0.05) is 0 Å². The fraction of sp³-hybridized carbons (Fsp3) is 0.929. The Morgan fingerprint density at radius 2 is 1.77 bits per heavy atom. The van der Waals surface area contributed by atoms with Crippen LogP contribution in [-0.2, 0) is 38.0 Å². The third-order valence-corrected chi connectivity index (χ3v) is 3.96. The molecule has 1 unspecified atom stereocenters. The van der Waals surface area contributed by atoms with Crippen LogP contribution in [0, 0.1) is 0 Å². The third kappa shape index (κ3) is 2.86. The summed E-state index contributed by atoms with van der Waals surface area (Å²) in [5.41, 5.74) is 0. The maximum absolute atomic E-state index is 11.3. The number of carbonyl (C=O) groups is 1. The van der Waals surface area contributed by atoms with Crippen LogP contribution in [0.25, 0.3) is 0 Å². The summed E-state index contributed by atoms with van der Waals surface area (Å²) < 4.78 is 39.4. The Bertz CT molecular complexity index is 452. The molecule has 126 valence electrons. The van der Waals surface area contributed by atoms with Crippen molar-refractivity contribution in [3.63, 3.8) is 0 Å². The van der Waals surface area contributed by atoms with E-state index < -0.39 is 48.4 Å². The molecule has 3 heterocycles. The van der Waals surface area contributed by atoms with Crippen LogP contribution in [0.4, 0.5) is 0 Å². The summed E-state index contributed by atoms with van der Waals surface area (Å²) in [6.07, 6.45) is -2.84. The Balaban J connectivity index is 1.85. The summed E-state index contributed by atoms with van der Waals surface area (Å²) in [5, 5.41) is 0. The van der Waals surface area contributed by atoms with E-state index in [1.165, 1.54) is 14.0 Å². The van der Waals surface area contributed by atoms with Crippen LogP contribution >= 0.6 is 0 Å². The summed E-state index contributed by atoms with van der Waals surface area (Å²) >= 11 is 0. The molecule has 8 heteroatoms. The molecule has 8 nitrogen and oxygen atoms in total. The minimum atomic E-state index is -1.24. The quantitative estimate of drug-likeness (QED) is 0.682. The molecule has 0 aromatic heterocycles. The predicted octanol–water partition coefficient (Wildman–Crippen LogP) is 0.530. The lowest BCUT2D eigenvalue weighted by atomic mass is 9.97. The zero-order valence-corrected chi connectivity index (χ0v) is 13.4. The van der Waals surface area contributed by atoms with Gasteiger partial charge in [0.15, 0.2) is 11.9 Å². The van der Waals surface area contributed by atoms with Gasteiger partial charge in [-0.2, -0.15) is 0 Å². The second-order valence-corrected chi connectivity index (χ2v) is 6.18. The number of carbonyl (C=O) groups excluding carboxylic acids is 1. The van der Waals surface area contributed by atoms with Gasteiger partial charge in [0.1, 0.15) is 18.3 Å². The zero-order chi connectivity index (χ0) is 16.1. The lowest BCUT2D eigenvalue weighted by Gasteiger charge is -2.47. The lowest BCUT2D eigenvalue weighted by Crippen LogP contribution is -2.64. The Kier molecular flexibility index (Phi) is 3.95. The molecule has 0 aliphatic carbocycles. The molecular weight excluding hydrogens is 296 g/mol. The smallest absolute Gasteiger partial charge is 0.305 e. The number of hydrogen-bond acceptors (Lipinski definition) is 8. The Labute approximate surface area is 128 Å². The average Bonchev–Trinajstić information content (AvgIpc) is 2.78. The van der Waals surface area contributed by atoms with Crippen molar-refractivity contribution < 1.29 is 38.0 Å². The third-order valence-electron chi connectivity index (χ3n) is 3.96. The maximum Gasteiger partial charge on any atom is 0.305 e. The molecule has 0 amide bonds. The normalized spacial score (nSPS) is 46.7. The average molecular weight is 318 g/mol. The summed E-state index contributed by atoms with van der Waals surface area (Å²) in [5.74, 6) is -2.45. The van der Waals surface area contributed by atoms with Gasteiger partial charge in [-0.3, -0.25) is 4.79 Å². The van der Waals surface area contributed by atoms with Crippen LogP contribution in [0.1, 0.15) is 27.7 Å². The van der Waals surface area contributed by atoms with Crippen LogP contribution in [0.5, 0.6) is 0 Å². The molecular formula is C14H22O8. The summed E-state index contributed by atoms with van der Waals surface area (Å²) in [6.45, 7) is 6.91. The van der Waals surface area contributed by atoms with Crippen LogP contribution in [0.3, 0.4) is 0 Å². The van der Waals surface area contributed by atoms with Crippen molar-refractivity contribution in [2.45, 2.75) is 70.2 Å². The van der Waals surface area contributed by atoms with Crippen molar-refractivity contribution >= 4 is 5.97 Å². The van der Waals surface area contributed by atoms with E-state index in [0.717, 1.165) is 0 Å². The Morgan fingerprint density at radius 3 is 2.41 bits per heavy atom. The van der Waals surface area contributed by atoms with Crippen molar-refractivity contribution in [2.24, 2.45) is 0 Å². The van der Waals surface area contributed by atoms with E-state index >= 15 is 0 Å². The van der Waals surface area contributed by atoms with Gasteiger partial charge in [0.25, 0.3) is 5.97 Å². The van der Waals surface area contributed by atoms with E-state index in [0.29, 0.717) is 6.61 Å². The number of methoxy groups -OCH3 is 1. The first kappa shape index (κ1) is 16.1. The second kappa shape index (κ2) is 5.40. The number of ether oxygens (including phenoxy) is 7. The number of esters is 1. The van der Waals surface area contributed by atoms with Gasteiger partial charge in [0.2, 0.25) is 6.29 Å². The molecule has 0 aromatic carbocycles. The van der Waals surface area contributed by atoms with E-state index in [2.05, 4.69) is 0 Å². The van der Waals surface area contributed by atoms with E-state index in [4.69, 9.17) is 33.2 Å². The SMILES string of the molecule is COC1(C)O[C@@H]2[C@H](O1)[C@@H](OC(C)=O)O[C@@H]1COC(C)(C)O[C@@H]21. The molecule has 0 saturated carbocycles. The van der Waals surface area contributed by atoms with Gasteiger partial charge >= 0.3 is 5.97 Å². The van der Waals surface area contributed by atoms with Gasteiger partial charge < -0.3 is 33.2 Å². The van der Waals surface area contributed by atoms with E-state index in [1.807, 2.05) is 13.8 Å². The number of fused-ring (bicyclic) bond motifs is 3. The van der Waals surface area contributed by atoms with Crippen molar-refractivity contribution in [2.75, 3.05) is 13.7 Å². The molecule has 0 aromatic rings. The summed E-state index contributed by atoms with van der Waals surface area (Å²) in [6, 6.07) is 0. The minimum Gasteiger partial charge on any atom is -0.433 e. The van der Waals surface area contributed by atoms with Crippen molar-refractivity contribution in [3.05, 3.63) is 0 Å². The van der Waals surface area contributed by atoms with Gasteiger partial charge in [0, 0.05) is 21.0 Å². The highest BCUT2D eigenvalue weighted by Crippen LogP contribution is 2.42. The highest BCUT2D eigenvalue weighted by molar-refractivity contribution is 5.66. The van der Waals surface area contributed by atoms with Crippen LogP contribution in [-0.4, -0.2) is 62.2 Å². The molecule has 0 spiro atoms. The first-order chi connectivity index (χ1) is 10.2. The van der Waals surface area contributed by atoms with Gasteiger partial charge in [-0.25, -0.2) is 0 Å². The molecule has 3 saturated heterocycles. The van der Waals surface area contributed by atoms with Crippen LogP contribution < -0.4 is 0 Å². The summed E-state index contributed by atoms with van der Waals surface area (Å²) in [7, 11) is 1.48. The molecule has 3 fully saturated rings. The molecule has 3 rings (SSSR count). The second-order valence-electron chi connectivity index (χ2n) is 6.18. The molecule has 0 radical (unpaired) electrons. The standard InChI is InChI=1S/C14H22O8/c1-7(15)18-12-11-10(21-14(4,16-5)22-11)9-8(19-12)6-17-13(2,3)20-9/h8-12H,6H2,1-5H3/t8-,9-,10+,11+,12+,14?/m1/s1. The van der Waals surface area contributed by atoms with E-state index in [9.17, 15) is 4.79 Å². The van der Waals surface area contributed by atoms with E-state index in [-0.39, 0.29) is 0 Å². The number of hydrogen-bond donors (Lipinski definition) is 0. The topological polar surface area (TPSA) is 81.7 Å². The molecule has 3 aliphatic heterocycles. The Morgan fingerprint density at radius 1 is 1.09 bits per heavy atom. The molecule has 0 N–H and O–H groups in total. The molecule has 0 bridgehead atoms. The Hall–Kier alpha value is -0.770. The first-order valence-electron chi connectivity index (χ1n) is 7.28. The van der Waals surface area contributed by atoms with Gasteiger partial charge in [0.05, 0.1) is 6.61 Å².